The van der Waals surface area contributed by atoms with E-state index < -0.39 is 0 Å². The van der Waals surface area contributed by atoms with Gasteiger partial charge in [0.2, 0.25) is 5.91 Å². The van der Waals surface area contributed by atoms with Crippen LogP contribution >= 0.6 is 0 Å². The minimum absolute atomic E-state index is 0.0157. The molecule has 35 heavy (non-hydrogen) atoms. The van der Waals surface area contributed by atoms with Crippen LogP contribution in [-0.2, 0) is 17.8 Å². The zero-order valence-electron chi connectivity index (χ0n) is 20.1. The van der Waals surface area contributed by atoms with Crippen molar-refractivity contribution in [3.05, 3.63) is 71.3 Å². The van der Waals surface area contributed by atoms with Gasteiger partial charge in [-0.05, 0) is 54.2 Å². The Morgan fingerprint density at radius 1 is 1.11 bits per heavy atom. The molecule has 1 fully saturated rings. The van der Waals surface area contributed by atoms with Crippen LogP contribution in [0.4, 0.5) is 5.69 Å². The van der Waals surface area contributed by atoms with E-state index in [4.69, 9.17) is 21.6 Å². The van der Waals surface area contributed by atoms with Gasteiger partial charge >= 0.3 is 0 Å². The largest absolute Gasteiger partial charge is 0.496 e. The lowest BCUT2D eigenvalue weighted by Crippen LogP contribution is -2.49. The fourth-order valence-electron chi connectivity index (χ4n) is 5.49. The molecular weight excluding hydrogens is 438 g/mol. The van der Waals surface area contributed by atoms with Crippen molar-refractivity contribution in [3.63, 3.8) is 0 Å². The number of nitrogens with zero attached hydrogens (tertiary/aromatic N) is 1. The second-order valence-electron chi connectivity index (χ2n) is 9.69. The topological polar surface area (TPSA) is 117 Å². The Morgan fingerprint density at radius 3 is 2.63 bits per heavy atom. The molecule has 3 aromatic carbocycles. The van der Waals surface area contributed by atoms with E-state index in [1.165, 1.54) is 0 Å². The predicted molar refractivity (Wildman–Crippen MR) is 140 cm³/mol. The highest BCUT2D eigenvalue weighted by molar-refractivity contribution is 5.97. The van der Waals surface area contributed by atoms with E-state index in [0.717, 1.165) is 59.0 Å². The lowest BCUT2D eigenvalue weighted by Gasteiger charge is -2.32. The van der Waals surface area contributed by atoms with Crippen molar-refractivity contribution in [1.82, 2.24) is 5.32 Å². The molecule has 1 aliphatic heterocycles. The second-order valence-corrected chi connectivity index (χ2v) is 9.69. The third-order valence-corrected chi connectivity index (χ3v) is 7.46. The predicted octanol–water partition coefficient (Wildman–Crippen LogP) is 3.45. The molecule has 2 aliphatic rings. The van der Waals surface area contributed by atoms with Crippen LogP contribution in [0.2, 0.25) is 0 Å². The zero-order valence-corrected chi connectivity index (χ0v) is 20.1. The molecule has 0 bridgehead atoms. The molecule has 0 saturated heterocycles. The number of nitrogen functional groups attached to an aromatic ring is 1. The summed E-state index contributed by atoms with van der Waals surface area (Å²) in [6, 6.07) is 18.1. The van der Waals surface area contributed by atoms with E-state index in [0.29, 0.717) is 18.5 Å². The lowest BCUT2D eigenvalue weighted by atomic mass is 9.91. The number of amides is 1. The van der Waals surface area contributed by atoms with Crippen LogP contribution in [0, 0.1) is 5.41 Å². The van der Waals surface area contributed by atoms with Gasteiger partial charge in [0.05, 0.1) is 7.11 Å². The van der Waals surface area contributed by atoms with Crippen LogP contribution < -0.4 is 26.4 Å². The Kier molecular flexibility index (Phi) is 6.34. The summed E-state index contributed by atoms with van der Waals surface area (Å²) in [4.78, 5) is 15.8. The maximum Gasteiger partial charge on any atom is 0.243 e. The summed E-state index contributed by atoms with van der Waals surface area (Å²) in [5, 5.41) is 13.5. The number of nitrogens with one attached hydrogen (secondary N) is 2. The van der Waals surface area contributed by atoms with Crippen molar-refractivity contribution in [2.45, 2.75) is 56.8 Å². The molecule has 1 unspecified atom stereocenters. The zero-order chi connectivity index (χ0) is 24.5. The SMILES string of the molecule is COc1ccc2ccccc2c1CN1c2cc(C(=N)N)ccc2CC1C(=O)NC1CCC(N)CC1. The van der Waals surface area contributed by atoms with Gasteiger partial charge < -0.3 is 26.4 Å². The molecule has 182 valence electrons. The van der Waals surface area contributed by atoms with Gasteiger partial charge in [0.1, 0.15) is 17.6 Å². The molecule has 6 N–H and O–H groups in total. The highest BCUT2D eigenvalue weighted by atomic mass is 16.5. The molecule has 1 aliphatic carbocycles. The van der Waals surface area contributed by atoms with E-state index in [-0.39, 0.29) is 29.9 Å². The van der Waals surface area contributed by atoms with E-state index >= 15 is 0 Å². The molecule has 1 atom stereocenters. The average Bonchev–Trinajstić information content (AvgIpc) is 3.23. The molecule has 0 radical (unpaired) electrons. The van der Waals surface area contributed by atoms with Crippen molar-refractivity contribution in [2.75, 3.05) is 12.0 Å². The van der Waals surface area contributed by atoms with Gasteiger partial charge in [0.25, 0.3) is 0 Å². The molecule has 1 heterocycles. The molecule has 1 amide bonds. The average molecular weight is 472 g/mol. The summed E-state index contributed by atoms with van der Waals surface area (Å²) >= 11 is 0. The summed E-state index contributed by atoms with van der Waals surface area (Å²) in [5.74, 6) is 0.840. The van der Waals surface area contributed by atoms with Gasteiger partial charge in [0.15, 0.2) is 0 Å². The number of hydrogen-bond donors (Lipinski definition) is 4. The number of ether oxygens (including phenoxy) is 1. The van der Waals surface area contributed by atoms with Crippen LogP contribution in [0.25, 0.3) is 10.8 Å². The Bertz CT molecular complexity index is 1270. The van der Waals surface area contributed by atoms with Crippen LogP contribution in [-0.4, -0.2) is 37.0 Å². The van der Waals surface area contributed by atoms with Crippen LogP contribution in [0.15, 0.2) is 54.6 Å². The number of hydrogen-bond acceptors (Lipinski definition) is 5. The number of rotatable bonds is 6. The summed E-state index contributed by atoms with van der Waals surface area (Å²) < 4.78 is 5.75. The van der Waals surface area contributed by atoms with E-state index in [2.05, 4.69) is 28.4 Å². The maximum absolute atomic E-state index is 13.6. The fraction of sp³-hybridized carbons (Fsp3) is 0.357. The molecule has 0 aromatic heterocycles. The summed E-state index contributed by atoms with van der Waals surface area (Å²) in [5.41, 5.74) is 15.6. The van der Waals surface area contributed by atoms with Gasteiger partial charge in [-0.2, -0.15) is 0 Å². The number of anilines is 1. The number of fused-ring (bicyclic) bond motifs is 2. The maximum atomic E-state index is 13.6. The first kappa shape index (κ1) is 23.2. The van der Waals surface area contributed by atoms with Crippen molar-refractivity contribution < 1.29 is 9.53 Å². The first-order valence-corrected chi connectivity index (χ1v) is 12.3. The normalized spacial score (nSPS) is 21.5. The minimum atomic E-state index is -0.355. The molecule has 7 heteroatoms. The third kappa shape index (κ3) is 4.56. The van der Waals surface area contributed by atoms with Gasteiger partial charge in [-0.3, -0.25) is 10.2 Å². The van der Waals surface area contributed by atoms with Crippen LogP contribution in [0.3, 0.4) is 0 Å². The van der Waals surface area contributed by atoms with E-state index in [9.17, 15) is 4.79 Å². The number of amidine groups is 1. The molecule has 1 saturated carbocycles. The number of nitrogens with two attached hydrogens (primary N) is 2. The second kappa shape index (κ2) is 9.58. The van der Waals surface area contributed by atoms with Gasteiger partial charge in [-0.15, -0.1) is 0 Å². The first-order valence-electron chi connectivity index (χ1n) is 12.3. The standard InChI is InChI=1S/C28H33N5O2/c1-35-26-13-8-17-4-2-3-5-22(17)23(26)16-33-24-15-19(27(30)31)7-6-18(24)14-25(33)28(34)32-21-11-9-20(29)10-12-21/h2-8,13,15,20-21,25H,9-12,14,16,29H2,1H3,(H3,30,31)(H,32,34). The molecule has 5 rings (SSSR count). The lowest BCUT2D eigenvalue weighted by molar-refractivity contribution is -0.123. The summed E-state index contributed by atoms with van der Waals surface area (Å²) in [6.45, 7) is 0.506. The summed E-state index contributed by atoms with van der Waals surface area (Å²) in [7, 11) is 1.68. The van der Waals surface area contributed by atoms with Gasteiger partial charge in [-0.25, -0.2) is 0 Å². The van der Waals surface area contributed by atoms with E-state index in [1.807, 2.05) is 36.4 Å². The number of carbonyl (C=O) groups is 1. The quantitative estimate of drug-likeness (QED) is 0.324. The van der Waals surface area contributed by atoms with Crippen molar-refractivity contribution >= 4 is 28.2 Å². The van der Waals surface area contributed by atoms with Crippen molar-refractivity contribution in [3.8, 4) is 5.75 Å². The highest BCUT2D eigenvalue weighted by Crippen LogP contribution is 2.38. The fourth-order valence-corrected chi connectivity index (χ4v) is 5.49. The molecule has 7 nitrogen and oxygen atoms in total. The third-order valence-electron chi connectivity index (χ3n) is 7.46. The molecule has 3 aromatic rings. The Hall–Kier alpha value is -3.58. The van der Waals surface area contributed by atoms with E-state index in [1.54, 1.807) is 7.11 Å². The first-order chi connectivity index (χ1) is 16.9. The smallest absolute Gasteiger partial charge is 0.243 e. The Labute approximate surface area is 205 Å². The monoisotopic (exact) mass is 471 g/mol. The van der Waals surface area contributed by atoms with Gasteiger partial charge in [-0.1, -0.05) is 42.5 Å². The van der Waals surface area contributed by atoms with Crippen LogP contribution in [0.1, 0.15) is 42.4 Å². The minimum Gasteiger partial charge on any atom is -0.496 e. The Balaban J connectivity index is 1.52. The number of benzene rings is 3. The summed E-state index contributed by atoms with van der Waals surface area (Å²) in [6.07, 6.45) is 4.32. The number of methoxy groups -OCH3 is 1. The van der Waals surface area contributed by atoms with Gasteiger partial charge in [0, 0.05) is 41.9 Å². The Morgan fingerprint density at radius 2 is 1.89 bits per heavy atom. The van der Waals surface area contributed by atoms with Crippen molar-refractivity contribution in [1.29, 1.82) is 5.41 Å². The molecular formula is C28H33N5O2. The van der Waals surface area contributed by atoms with Crippen LogP contribution in [0.5, 0.6) is 5.75 Å². The number of carbonyl (C=O) groups excluding carboxylic acids is 1. The molecule has 0 spiro atoms. The van der Waals surface area contributed by atoms with Crippen molar-refractivity contribution in [2.24, 2.45) is 11.5 Å². The highest BCUT2D eigenvalue weighted by Gasteiger charge is 2.36.